The molecule has 27 heavy (non-hydrogen) atoms. The number of ether oxygens (including phenoxy) is 1. The van der Waals surface area contributed by atoms with Gasteiger partial charge >= 0.3 is 5.97 Å². The molecule has 0 heterocycles. The van der Waals surface area contributed by atoms with Gasteiger partial charge in [0.15, 0.2) is 0 Å². The molecule has 0 radical (unpaired) electrons. The molecule has 0 aliphatic heterocycles. The first-order valence-corrected chi connectivity index (χ1v) is 11.3. The van der Waals surface area contributed by atoms with Crippen LogP contribution in [0.2, 0.25) is 0 Å². The van der Waals surface area contributed by atoms with Crippen molar-refractivity contribution in [2.45, 2.75) is 63.4 Å². The highest BCUT2D eigenvalue weighted by Gasteiger charge is 2.60. The molecule has 5 aliphatic carbocycles. The predicted molar refractivity (Wildman–Crippen MR) is 105 cm³/mol. The fourth-order valence-corrected chi connectivity index (χ4v) is 7.67. The molecule has 1 aromatic rings. The minimum atomic E-state index is -0.125. The predicted octanol–water partition coefficient (Wildman–Crippen LogP) is 5.74. The summed E-state index contributed by atoms with van der Waals surface area (Å²) in [5, 5.41) is 0. The summed E-state index contributed by atoms with van der Waals surface area (Å²) in [6.07, 6.45) is 15.2. The van der Waals surface area contributed by atoms with Gasteiger partial charge in [-0.25, -0.2) is 4.79 Å². The van der Waals surface area contributed by atoms with Gasteiger partial charge in [0.2, 0.25) is 0 Å². The molecule has 0 saturated heterocycles. The van der Waals surface area contributed by atoms with E-state index in [2.05, 4.69) is 24.3 Å². The van der Waals surface area contributed by atoms with Gasteiger partial charge in [0, 0.05) is 0 Å². The fourth-order valence-electron chi connectivity index (χ4n) is 7.67. The maximum Gasteiger partial charge on any atom is 0.338 e. The Morgan fingerprint density at radius 2 is 1.59 bits per heavy atom. The minimum Gasteiger partial charge on any atom is -0.459 e. The van der Waals surface area contributed by atoms with E-state index >= 15 is 0 Å². The summed E-state index contributed by atoms with van der Waals surface area (Å²) in [5.41, 5.74) is 2.19. The largest absolute Gasteiger partial charge is 0.459 e. The van der Waals surface area contributed by atoms with Crippen molar-refractivity contribution in [3.63, 3.8) is 0 Å². The van der Waals surface area contributed by atoms with Crippen molar-refractivity contribution in [1.29, 1.82) is 0 Å². The molecule has 5 aliphatic rings. The molecule has 1 aromatic carbocycles. The summed E-state index contributed by atoms with van der Waals surface area (Å²) in [4.78, 5) is 12.5. The van der Waals surface area contributed by atoms with Gasteiger partial charge in [0.25, 0.3) is 0 Å². The Bertz CT molecular complexity index is 757. The number of fused-ring (bicyclic) bond motifs is 9. The number of esters is 1. The number of carbonyl (C=O) groups is 1. The Hall–Kier alpha value is -1.57. The average molecular weight is 363 g/mol. The van der Waals surface area contributed by atoms with Gasteiger partial charge in [-0.15, -0.1) is 0 Å². The third-order valence-corrected chi connectivity index (χ3v) is 8.67. The van der Waals surface area contributed by atoms with E-state index in [1.54, 1.807) is 0 Å². The highest BCUT2D eigenvalue weighted by atomic mass is 16.5. The van der Waals surface area contributed by atoms with Gasteiger partial charge in [0.05, 0.1) is 5.56 Å². The lowest BCUT2D eigenvalue weighted by Crippen LogP contribution is -2.30. The summed E-state index contributed by atoms with van der Waals surface area (Å²) in [6, 6.07) is 8.48. The van der Waals surface area contributed by atoms with Crippen molar-refractivity contribution in [3.8, 4) is 0 Å². The highest BCUT2D eigenvalue weighted by Crippen LogP contribution is 2.68. The van der Waals surface area contributed by atoms with Crippen LogP contribution >= 0.6 is 0 Å². The van der Waals surface area contributed by atoms with Crippen LogP contribution in [0.4, 0.5) is 0 Å². The molecule has 2 heteroatoms. The molecule has 4 saturated carbocycles. The van der Waals surface area contributed by atoms with Gasteiger partial charge < -0.3 is 4.74 Å². The standard InChI is InChI=1S/C25H30O2/c26-25(27-20-4-2-1-3-5-20)16-8-6-15(7-9-16)21-13-19-14-22(21)24-18-11-10-17(12-18)23(19)24/h6-11,17-24H,1-5,12-14H2. The first kappa shape index (κ1) is 16.4. The van der Waals surface area contributed by atoms with Gasteiger partial charge in [-0.2, -0.15) is 0 Å². The quantitative estimate of drug-likeness (QED) is 0.389. The Labute approximate surface area is 162 Å². The number of benzene rings is 1. The zero-order valence-corrected chi connectivity index (χ0v) is 16.1. The van der Waals surface area contributed by atoms with E-state index in [1.165, 1.54) is 44.1 Å². The summed E-state index contributed by atoms with van der Waals surface area (Å²) >= 11 is 0. The van der Waals surface area contributed by atoms with E-state index in [4.69, 9.17) is 4.74 Å². The molecule has 7 atom stereocenters. The van der Waals surface area contributed by atoms with Crippen molar-refractivity contribution in [1.82, 2.24) is 0 Å². The molecule has 0 spiro atoms. The minimum absolute atomic E-state index is 0.125. The Balaban J connectivity index is 1.16. The number of hydrogen-bond donors (Lipinski definition) is 0. The normalized spacial score (nSPS) is 41.9. The van der Waals surface area contributed by atoms with Crippen LogP contribution in [0, 0.1) is 35.5 Å². The molecule has 0 N–H and O–H groups in total. The molecule has 0 aromatic heterocycles. The number of rotatable bonds is 3. The summed E-state index contributed by atoms with van der Waals surface area (Å²) in [6.45, 7) is 0. The van der Waals surface area contributed by atoms with Crippen molar-refractivity contribution < 1.29 is 9.53 Å². The summed E-state index contributed by atoms with van der Waals surface area (Å²) in [5.74, 6) is 6.11. The molecule has 4 bridgehead atoms. The first-order valence-electron chi connectivity index (χ1n) is 11.3. The average Bonchev–Trinajstić information content (AvgIpc) is 3.48. The molecular weight excluding hydrogens is 332 g/mol. The molecule has 4 fully saturated rings. The third-order valence-electron chi connectivity index (χ3n) is 8.67. The van der Waals surface area contributed by atoms with Crippen LogP contribution in [0.1, 0.15) is 73.2 Å². The van der Waals surface area contributed by atoms with Crippen molar-refractivity contribution >= 4 is 5.97 Å². The van der Waals surface area contributed by atoms with Crippen LogP contribution < -0.4 is 0 Å². The van der Waals surface area contributed by atoms with E-state index in [-0.39, 0.29) is 12.1 Å². The van der Waals surface area contributed by atoms with E-state index in [9.17, 15) is 4.79 Å². The topological polar surface area (TPSA) is 26.3 Å². The molecule has 2 nitrogen and oxygen atoms in total. The lowest BCUT2D eigenvalue weighted by molar-refractivity contribution is 0.0211. The second kappa shape index (κ2) is 6.22. The smallest absolute Gasteiger partial charge is 0.338 e. The molecule has 6 rings (SSSR count). The Morgan fingerprint density at radius 1 is 0.852 bits per heavy atom. The van der Waals surface area contributed by atoms with E-state index in [0.29, 0.717) is 5.92 Å². The Kier molecular flexibility index (Phi) is 3.78. The molecular formula is C25H30O2. The van der Waals surface area contributed by atoms with Gasteiger partial charge in [-0.1, -0.05) is 30.7 Å². The Morgan fingerprint density at radius 3 is 2.37 bits per heavy atom. The van der Waals surface area contributed by atoms with Crippen LogP contribution in [0.25, 0.3) is 0 Å². The fraction of sp³-hybridized carbons (Fsp3) is 0.640. The second-order valence-electron chi connectivity index (χ2n) is 9.89. The highest BCUT2D eigenvalue weighted by molar-refractivity contribution is 5.89. The van der Waals surface area contributed by atoms with E-state index < -0.39 is 0 Å². The lowest BCUT2D eigenvalue weighted by atomic mass is 9.68. The SMILES string of the molecule is O=C(OC1CCCCC1)c1ccc(C2CC3CC2C2C4C=CC(C4)C32)cc1. The van der Waals surface area contributed by atoms with Crippen LogP contribution in [0.15, 0.2) is 36.4 Å². The van der Waals surface area contributed by atoms with Crippen molar-refractivity contribution in [2.24, 2.45) is 35.5 Å². The monoisotopic (exact) mass is 362 g/mol. The third kappa shape index (κ3) is 2.55. The van der Waals surface area contributed by atoms with Crippen molar-refractivity contribution in [2.75, 3.05) is 0 Å². The summed E-state index contributed by atoms with van der Waals surface area (Å²) < 4.78 is 5.74. The second-order valence-corrected chi connectivity index (χ2v) is 9.89. The number of allylic oxidation sites excluding steroid dienone is 2. The van der Waals surface area contributed by atoms with Crippen molar-refractivity contribution in [3.05, 3.63) is 47.5 Å². The molecule has 142 valence electrons. The van der Waals surface area contributed by atoms with E-state index in [0.717, 1.165) is 53.9 Å². The van der Waals surface area contributed by atoms with Gasteiger partial charge in [-0.3, -0.25) is 0 Å². The van der Waals surface area contributed by atoms with Crippen LogP contribution in [0.5, 0.6) is 0 Å². The first-order chi connectivity index (χ1) is 13.3. The van der Waals surface area contributed by atoms with Gasteiger partial charge in [0.1, 0.15) is 6.10 Å². The maximum atomic E-state index is 12.5. The summed E-state index contributed by atoms with van der Waals surface area (Å²) in [7, 11) is 0. The van der Waals surface area contributed by atoms with Gasteiger partial charge in [-0.05, 0) is 104 Å². The van der Waals surface area contributed by atoms with Crippen LogP contribution in [-0.2, 0) is 4.74 Å². The zero-order valence-electron chi connectivity index (χ0n) is 16.1. The van der Waals surface area contributed by atoms with E-state index in [1.807, 2.05) is 12.1 Å². The zero-order chi connectivity index (χ0) is 18.0. The number of carbonyl (C=O) groups excluding carboxylic acids is 1. The molecule has 7 unspecified atom stereocenters. The van der Waals surface area contributed by atoms with Crippen LogP contribution in [-0.4, -0.2) is 12.1 Å². The number of hydrogen-bond acceptors (Lipinski definition) is 2. The lowest BCUT2D eigenvalue weighted by Gasteiger charge is -2.37. The van der Waals surface area contributed by atoms with Crippen LogP contribution in [0.3, 0.4) is 0 Å². The maximum absolute atomic E-state index is 12.5. The molecule has 0 amide bonds.